The summed E-state index contributed by atoms with van der Waals surface area (Å²) in [7, 11) is 0. The Morgan fingerprint density at radius 1 is 0.667 bits per heavy atom. The lowest BCUT2D eigenvalue weighted by Gasteiger charge is -2.26. The number of carbonyl (C=O) groups excluding carboxylic acids is 6. The minimum absolute atomic E-state index is 0.00551. The van der Waals surface area contributed by atoms with Gasteiger partial charge in [-0.1, -0.05) is 73.7 Å². The smallest absolute Gasteiger partial charge is 0.326 e. The van der Waals surface area contributed by atoms with Crippen LogP contribution in [0.1, 0.15) is 49.8 Å². The third-order valence-electron chi connectivity index (χ3n) is 9.78. The van der Waals surface area contributed by atoms with Gasteiger partial charge in [0, 0.05) is 38.3 Å². The van der Waals surface area contributed by atoms with Crippen LogP contribution in [0.3, 0.4) is 0 Å². The van der Waals surface area contributed by atoms with Crippen LogP contribution in [0.15, 0.2) is 84.9 Å². The summed E-state index contributed by atoms with van der Waals surface area (Å²) in [4.78, 5) is 89.8. The van der Waals surface area contributed by atoms with Crippen LogP contribution in [0.5, 0.6) is 11.5 Å². The standard InChI is InChI=1S/C44H57N7O12/c1-26(7-6-10-28-8-4-3-5-9-28)33(45)23-38(57)49-36(25-52)42(60)51-40(27(2)53)43(61)50-34(21-29-11-15-31(54)16-12-29)41(59)47-24-39(58)46-20-19-37(56)48-35(44(62)63)22-30-13-17-32(55)18-14-30/h3-6,8-18,26-27,33-36,40,52-55H,7,19-25,45H2,1-2H3,(H,46,58)(H,47,59)(H,48,56)(H,49,57)(H,50,61)(H,51,60)(H,62,63). The molecule has 7 unspecified atom stereocenters. The number of aromatic hydroxyl groups is 2. The first-order valence-corrected chi connectivity index (χ1v) is 20.2. The lowest BCUT2D eigenvalue weighted by Crippen LogP contribution is -2.60. The van der Waals surface area contributed by atoms with Gasteiger partial charge in [-0.2, -0.15) is 0 Å². The van der Waals surface area contributed by atoms with Crippen molar-refractivity contribution >= 4 is 47.5 Å². The summed E-state index contributed by atoms with van der Waals surface area (Å²) >= 11 is 0. The number of amides is 6. The maximum absolute atomic E-state index is 13.5. The predicted octanol–water partition coefficient (Wildman–Crippen LogP) is -0.641. The Balaban J connectivity index is 1.56. The second-order valence-corrected chi connectivity index (χ2v) is 15.0. The largest absolute Gasteiger partial charge is 0.508 e. The average molecular weight is 876 g/mol. The van der Waals surface area contributed by atoms with Crippen molar-refractivity contribution in [1.29, 1.82) is 0 Å². The number of nitrogens with two attached hydrogens (primary N) is 1. The first kappa shape index (κ1) is 50.5. The number of rotatable bonds is 25. The summed E-state index contributed by atoms with van der Waals surface area (Å²) in [5.41, 5.74) is 8.28. The third kappa shape index (κ3) is 18.4. The quantitative estimate of drug-likeness (QED) is 0.0505. The van der Waals surface area contributed by atoms with E-state index in [4.69, 9.17) is 5.73 Å². The number of nitrogens with one attached hydrogen (secondary N) is 6. The molecule has 0 saturated carbocycles. The van der Waals surface area contributed by atoms with E-state index in [0.717, 1.165) is 5.56 Å². The highest BCUT2D eigenvalue weighted by molar-refractivity contribution is 5.95. The van der Waals surface area contributed by atoms with Crippen LogP contribution in [0, 0.1) is 5.92 Å². The molecule has 3 aromatic carbocycles. The number of hydrogen-bond donors (Lipinski definition) is 12. The summed E-state index contributed by atoms with van der Waals surface area (Å²) in [6.45, 7) is 1.37. The number of aliphatic carboxylic acids is 1. The SMILES string of the molecule is CC(O)C(NC(=O)C(CO)NC(=O)CC(N)C(C)CC=Cc1ccccc1)C(=O)NC(Cc1ccc(O)cc1)C(=O)NCC(=O)NCCC(=O)NC(Cc1ccc(O)cc1)C(=O)O. The van der Waals surface area contributed by atoms with Crippen LogP contribution < -0.4 is 37.6 Å². The van der Waals surface area contributed by atoms with E-state index in [2.05, 4.69) is 31.9 Å². The summed E-state index contributed by atoms with van der Waals surface area (Å²) < 4.78 is 0. The fraction of sp³-hybridized carbons (Fsp3) is 0.386. The summed E-state index contributed by atoms with van der Waals surface area (Å²) in [5, 5.41) is 63.5. The molecule has 63 heavy (non-hydrogen) atoms. The van der Waals surface area contributed by atoms with Gasteiger partial charge >= 0.3 is 5.97 Å². The molecule has 340 valence electrons. The van der Waals surface area contributed by atoms with Gasteiger partial charge in [-0.25, -0.2) is 4.79 Å². The van der Waals surface area contributed by atoms with Crippen LogP contribution in [-0.2, 0) is 46.4 Å². The van der Waals surface area contributed by atoms with Gasteiger partial charge in [-0.3, -0.25) is 28.8 Å². The fourth-order valence-corrected chi connectivity index (χ4v) is 6.02. The van der Waals surface area contributed by atoms with Crippen molar-refractivity contribution in [2.24, 2.45) is 11.7 Å². The zero-order valence-electron chi connectivity index (χ0n) is 35.0. The van der Waals surface area contributed by atoms with Crippen molar-refractivity contribution in [2.45, 2.75) is 82.3 Å². The Hall–Kier alpha value is -6.83. The normalized spacial score (nSPS) is 14.4. The average Bonchev–Trinajstić information content (AvgIpc) is 3.24. The number of allylic oxidation sites excluding steroid dienone is 1. The number of aliphatic hydroxyl groups excluding tert-OH is 2. The van der Waals surface area contributed by atoms with Gasteiger partial charge < -0.3 is 63.2 Å². The van der Waals surface area contributed by atoms with Gasteiger partial charge in [0.25, 0.3) is 0 Å². The molecular weight excluding hydrogens is 819 g/mol. The molecule has 0 saturated heterocycles. The van der Waals surface area contributed by atoms with E-state index in [1.807, 2.05) is 49.4 Å². The molecule has 0 aliphatic carbocycles. The Kier molecular flexibility index (Phi) is 20.7. The van der Waals surface area contributed by atoms with Gasteiger partial charge in [0.05, 0.1) is 19.3 Å². The van der Waals surface area contributed by atoms with E-state index in [9.17, 15) is 59.1 Å². The first-order valence-electron chi connectivity index (χ1n) is 20.2. The van der Waals surface area contributed by atoms with E-state index in [0.29, 0.717) is 17.5 Å². The molecule has 0 radical (unpaired) electrons. The highest BCUT2D eigenvalue weighted by Gasteiger charge is 2.33. The van der Waals surface area contributed by atoms with E-state index in [1.54, 1.807) is 0 Å². The molecule has 3 rings (SSSR count). The number of carboxylic acid groups (broad SMARTS) is 1. The molecule has 0 bridgehead atoms. The van der Waals surface area contributed by atoms with Crippen molar-refractivity contribution in [3.05, 3.63) is 102 Å². The molecule has 0 fully saturated rings. The molecule has 6 amide bonds. The van der Waals surface area contributed by atoms with Gasteiger partial charge in [0.1, 0.15) is 35.7 Å². The lowest BCUT2D eigenvalue weighted by atomic mass is 9.95. The molecule has 0 spiro atoms. The molecule has 0 aliphatic rings. The number of hydrogen-bond acceptors (Lipinski definition) is 12. The molecule has 0 aliphatic heterocycles. The Morgan fingerprint density at radius 2 is 1.24 bits per heavy atom. The summed E-state index contributed by atoms with van der Waals surface area (Å²) in [6, 6.07) is 14.6. The Morgan fingerprint density at radius 3 is 1.79 bits per heavy atom. The van der Waals surface area contributed by atoms with Crippen LogP contribution in [0.25, 0.3) is 6.08 Å². The van der Waals surface area contributed by atoms with Gasteiger partial charge in [-0.05, 0) is 60.2 Å². The second-order valence-electron chi connectivity index (χ2n) is 15.0. The second kappa shape index (κ2) is 25.8. The van der Waals surface area contributed by atoms with E-state index in [1.165, 1.54) is 55.5 Å². The van der Waals surface area contributed by atoms with Crippen molar-refractivity contribution in [3.8, 4) is 11.5 Å². The number of carboxylic acids is 1. The maximum atomic E-state index is 13.5. The number of phenolic OH excluding ortho intramolecular Hbond substituents is 2. The Labute approximate surface area is 364 Å². The van der Waals surface area contributed by atoms with Crippen LogP contribution in [0.2, 0.25) is 0 Å². The molecule has 0 heterocycles. The minimum atomic E-state index is -1.69. The zero-order chi connectivity index (χ0) is 46.5. The van der Waals surface area contributed by atoms with Crippen LogP contribution in [0.4, 0.5) is 0 Å². The van der Waals surface area contributed by atoms with Crippen molar-refractivity contribution < 1.29 is 59.1 Å². The lowest BCUT2D eigenvalue weighted by molar-refractivity contribution is -0.141. The molecular formula is C44H57N7O12. The molecule has 19 nitrogen and oxygen atoms in total. The number of aliphatic hydroxyl groups is 2. The predicted molar refractivity (Wildman–Crippen MR) is 230 cm³/mol. The summed E-state index contributed by atoms with van der Waals surface area (Å²) in [5.74, 6) is -6.43. The number of phenols is 2. The number of carbonyl (C=O) groups is 7. The van der Waals surface area contributed by atoms with Crippen molar-refractivity contribution in [2.75, 3.05) is 19.7 Å². The van der Waals surface area contributed by atoms with Gasteiger partial charge in [0.15, 0.2) is 0 Å². The number of benzene rings is 3. The highest BCUT2D eigenvalue weighted by Crippen LogP contribution is 2.15. The van der Waals surface area contributed by atoms with Gasteiger partial charge in [-0.15, -0.1) is 0 Å². The molecule has 0 aromatic heterocycles. The topological polar surface area (TPSA) is 319 Å². The van der Waals surface area contributed by atoms with Crippen molar-refractivity contribution in [1.82, 2.24) is 31.9 Å². The fourth-order valence-electron chi connectivity index (χ4n) is 6.02. The van der Waals surface area contributed by atoms with Crippen LogP contribution >= 0.6 is 0 Å². The monoisotopic (exact) mass is 875 g/mol. The highest BCUT2D eigenvalue weighted by atomic mass is 16.4. The van der Waals surface area contributed by atoms with E-state index < -0.39 is 90.9 Å². The molecule has 13 N–H and O–H groups in total. The molecule has 7 atom stereocenters. The zero-order valence-corrected chi connectivity index (χ0v) is 35.0. The maximum Gasteiger partial charge on any atom is 0.326 e. The van der Waals surface area contributed by atoms with Gasteiger partial charge in [0.2, 0.25) is 35.4 Å². The molecule has 3 aromatic rings. The van der Waals surface area contributed by atoms with Crippen molar-refractivity contribution in [3.63, 3.8) is 0 Å². The Bertz CT molecular complexity index is 2010. The first-order chi connectivity index (χ1) is 29.9. The van der Waals surface area contributed by atoms with E-state index in [-0.39, 0.29) is 49.6 Å². The molecule has 19 heteroatoms. The third-order valence-corrected chi connectivity index (χ3v) is 9.78. The minimum Gasteiger partial charge on any atom is -0.508 e. The van der Waals surface area contributed by atoms with E-state index >= 15 is 0 Å². The summed E-state index contributed by atoms with van der Waals surface area (Å²) in [6.07, 6.45) is 2.19. The van der Waals surface area contributed by atoms with Crippen LogP contribution in [-0.4, -0.2) is 123 Å².